The van der Waals surface area contributed by atoms with Crippen molar-refractivity contribution in [2.45, 2.75) is 23.9 Å². The number of halogens is 9. The van der Waals surface area contributed by atoms with Crippen LogP contribution in [0.4, 0.5) is 39.5 Å². The van der Waals surface area contributed by atoms with E-state index >= 15 is 0 Å². The molecule has 0 atom stereocenters. The lowest BCUT2D eigenvalue weighted by molar-refractivity contribution is -0.386. The molecule has 1 nitrogen and oxygen atoms in total. The van der Waals surface area contributed by atoms with Gasteiger partial charge in [-0.2, -0.15) is 39.5 Å². The van der Waals surface area contributed by atoms with Gasteiger partial charge in [0.2, 0.25) is 5.78 Å². The lowest BCUT2D eigenvalue weighted by Gasteiger charge is -2.32. The Labute approximate surface area is 131 Å². The number of ketones is 1. The van der Waals surface area contributed by atoms with Gasteiger partial charge >= 0.3 is 23.9 Å². The highest BCUT2D eigenvalue weighted by atomic mass is 32.1. The molecule has 0 bridgehead atoms. The maximum atomic E-state index is 13.6. The van der Waals surface area contributed by atoms with Gasteiger partial charge in [-0.3, -0.25) is 4.79 Å². The van der Waals surface area contributed by atoms with Crippen molar-refractivity contribution in [3.8, 4) is 0 Å². The van der Waals surface area contributed by atoms with Crippen LogP contribution in [-0.2, 0) is 0 Å². The molecule has 0 fully saturated rings. The smallest absolute Gasteiger partial charge is 0.287 e. The minimum atomic E-state index is -7.09. The Hall–Kier alpha value is -1.78. The van der Waals surface area contributed by atoms with Crippen LogP contribution in [0.3, 0.4) is 0 Å². The van der Waals surface area contributed by atoms with E-state index in [1.165, 1.54) is 18.2 Å². The van der Waals surface area contributed by atoms with Gasteiger partial charge < -0.3 is 0 Å². The fourth-order valence-electron chi connectivity index (χ4n) is 1.84. The van der Waals surface area contributed by atoms with Crippen LogP contribution in [-0.4, -0.2) is 29.7 Å². The molecule has 0 aliphatic carbocycles. The second-order valence-electron chi connectivity index (χ2n) is 4.70. The molecule has 0 aliphatic rings. The predicted molar refractivity (Wildman–Crippen MR) is 67.1 cm³/mol. The zero-order chi connectivity index (χ0) is 18.6. The highest BCUT2D eigenvalue weighted by molar-refractivity contribution is 7.17. The standard InChI is InChI=1S/C13H5F9OS/c14-10(15,11(16,17)12(18,19)13(20,21)22)9(23)7-5-24-8-4-2-1-3-6(7)8/h1-5H. The number of Topliss-reactive ketones (excluding diaryl/α,β-unsaturated/α-hetero) is 1. The molecule has 1 heterocycles. The average molecular weight is 380 g/mol. The number of benzene rings is 1. The third-order valence-electron chi connectivity index (χ3n) is 3.16. The molecule has 0 radical (unpaired) electrons. The van der Waals surface area contributed by atoms with Gasteiger partial charge in [-0.1, -0.05) is 18.2 Å². The number of carbonyl (C=O) groups excluding carboxylic acids is 1. The molecule has 0 saturated carbocycles. The number of alkyl halides is 9. The summed E-state index contributed by atoms with van der Waals surface area (Å²) in [6, 6.07) is 5.09. The Bertz CT molecular complexity index is 775. The molecule has 0 aliphatic heterocycles. The van der Waals surface area contributed by atoms with Crippen LogP contribution in [0.1, 0.15) is 10.4 Å². The largest absolute Gasteiger partial charge is 0.460 e. The van der Waals surface area contributed by atoms with Crippen molar-refractivity contribution in [2.24, 2.45) is 0 Å². The number of hydrogen-bond donors (Lipinski definition) is 0. The summed E-state index contributed by atoms with van der Waals surface area (Å²) in [5, 5.41) is 0.446. The van der Waals surface area contributed by atoms with Gasteiger partial charge in [-0.05, 0) is 6.07 Å². The minimum Gasteiger partial charge on any atom is -0.287 e. The summed E-state index contributed by atoms with van der Waals surface area (Å²) in [7, 11) is 0. The van der Waals surface area contributed by atoms with E-state index < -0.39 is 35.3 Å². The summed E-state index contributed by atoms with van der Waals surface area (Å²) in [5.74, 6) is -23.1. The molecule has 11 heteroatoms. The number of thiophene rings is 1. The lowest BCUT2D eigenvalue weighted by Crippen LogP contribution is -2.63. The highest BCUT2D eigenvalue weighted by Crippen LogP contribution is 2.54. The van der Waals surface area contributed by atoms with E-state index in [4.69, 9.17) is 0 Å². The maximum Gasteiger partial charge on any atom is 0.460 e. The molecule has 2 rings (SSSR count). The molecule has 0 saturated heterocycles. The summed E-state index contributed by atoms with van der Waals surface area (Å²) < 4.78 is 116. The number of carbonyl (C=O) groups is 1. The van der Waals surface area contributed by atoms with Crippen molar-refractivity contribution in [3.63, 3.8) is 0 Å². The van der Waals surface area contributed by atoms with Gasteiger partial charge in [0.05, 0.1) is 0 Å². The van der Waals surface area contributed by atoms with Crippen LogP contribution < -0.4 is 0 Å². The normalized spacial score (nSPS) is 14.2. The predicted octanol–water partition coefficient (Wildman–Crippen LogP) is 5.55. The van der Waals surface area contributed by atoms with Crippen LogP contribution >= 0.6 is 11.3 Å². The molecular formula is C13H5F9OS. The number of hydrogen-bond acceptors (Lipinski definition) is 2. The Kier molecular flexibility index (Phi) is 4.15. The summed E-state index contributed by atoms with van der Waals surface area (Å²) in [4.78, 5) is 11.6. The molecule has 0 spiro atoms. The Balaban J connectivity index is 2.55. The Morgan fingerprint density at radius 1 is 0.833 bits per heavy atom. The second-order valence-corrected chi connectivity index (χ2v) is 5.61. The van der Waals surface area contributed by atoms with E-state index in [9.17, 15) is 44.3 Å². The Morgan fingerprint density at radius 2 is 1.38 bits per heavy atom. The van der Waals surface area contributed by atoms with E-state index in [0.717, 1.165) is 6.07 Å². The van der Waals surface area contributed by atoms with Gasteiger partial charge in [0, 0.05) is 21.0 Å². The first-order valence-corrected chi connectivity index (χ1v) is 6.84. The molecule has 1 aromatic heterocycles. The molecule has 24 heavy (non-hydrogen) atoms. The summed E-state index contributed by atoms with van der Waals surface area (Å²) in [6.07, 6.45) is -6.96. The topological polar surface area (TPSA) is 17.1 Å². The molecule has 132 valence electrons. The second kappa shape index (κ2) is 5.36. The fourth-order valence-corrected chi connectivity index (χ4v) is 2.78. The van der Waals surface area contributed by atoms with Crippen LogP contribution in [0.15, 0.2) is 29.6 Å². The highest BCUT2D eigenvalue weighted by Gasteiger charge is 2.83. The van der Waals surface area contributed by atoms with Crippen LogP contribution in [0.25, 0.3) is 10.1 Å². The third-order valence-corrected chi connectivity index (χ3v) is 4.12. The summed E-state index contributed by atoms with van der Waals surface area (Å²) >= 11 is 0.673. The summed E-state index contributed by atoms with van der Waals surface area (Å²) in [5.41, 5.74) is -1.06. The quantitative estimate of drug-likeness (QED) is 0.502. The summed E-state index contributed by atoms with van der Waals surface area (Å²) in [6.45, 7) is 0. The van der Waals surface area contributed by atoms with E-state index in [-0.39, 0.29) is 10.1 Å². The van der Waals surface area contributed by atoms with E-state index in [2.05, 4.69) is 0 Å². The van der Waals surface area contributed by atoms with Crippen molar-refractivity contribution in [3.05, 3.63) is 35.2 Å². The van der Waals surface area contributed by atoms with Crippen LogP contribution in [0.5, 0.6) is 0 Å². The van der Waals surface area contributed by atoms with Gasteiger partial charge in [-0.25, -0.2) is 0 Å². The molecule has 0 amide bonds. The lowest BCUT2D eigenvalue weighted by atomic mass is 9.95. The zero-order valence-corrected chi connectivity index (χ0v) is 11.9. The van der Waals surface area contributed by atoms with Gasteiger partial charge in [0.1, 0.15) is 0 Å². The monoisotopic (exact) mass is 380 g/mol. The minimum absolute atomic E-state index is 0.197. The van der Waals surface area contributed by atoms with Crippen LogP contribution in [0, 0.1) is 0 Å². The molecular weight excluding hydrogens is 375 g/mol. The number of fused-ring (bicyclic) bond motifs is 1. The van der Waals surface area contributed by atoms with Crippen molar-refractivity contribution >= 4 is 27.2 Å². The van der Waals surface area contributed by atoms with E-state index in [0.29, 0.717) is 16.7 Å². The first kappa shape index (κ1) is 18.6. The van der Waals surface area contributed by atoms with Gasteiger partial charge in [-0.15, -0.1) is 11.3 Å². The first-order chi connectivity index (χ1) is 10.7. The first-order valence-electron chi connectivity index (χ1n) is 5.96. The molecule has 1 aromatic carbocycles. The molecule has 0 unspecified atom stereocenters. The van der Waals surface area contributed by atoms with E-state index in [1.807, 2.05) is 0 Å². The fraction of sp³-hybridized carbons (Fsp3) is 0.308. The van der Waals surface area contributed by atoms with Gasteiger partial charge in [0.25, 0.3) is 0 Å². The SMILES string of the molecule is O=C(c1csc2ccccc12)C(F)(F)C(F)(F)C(F)(F)C(F)(F)F. The van der Waals surface area contributed by atoms with Crippen molar-refractivity contribution < 1.29 is 44.3 Å². The zero-order valence-electron chi connectivity index (χ0n) is 11.1. The molecule has 0 N–H and O–H groups in total. The molecule has 2 aromatic rings. The van der Waals surface area contributed by atoms with Crippen LogP contribution in [0.2, 0.25) is 0 Å². The maximum absolute atomic E-state index is 13.6. The van der Waals surface area contributed by atoms with E-state index in [1.54, 1.807) is 0 Å². The average Bonchev–Trinajstić information content (AvgIpc) is 2.88. The van der Waals surface area contributed by atoms with Crippen molar-refractivity contribution in [1.29, 1.82) is 0 Å². The van der Waals surface area contributed by atoms with Gasteiger partial charge in [0.15, 0.2) is 0 Å². The van der Waals surface area contributed by atoms with Crippen molar-refractivity contribution in [1.82, 2.24) is 0 Å². The number of rotatable bonds is 4. The Morgan fingerprint density at radius 3 is 1.92 bits per heavy atom. The van der Waals surface area contributed by atoms with Crippen molar-refractivity contribution in [2.75, 3.05) is 0 Å². The third kappa shape index (κ3) is 2.45.